The summed E-state index contributed by atoms with van der Waals surface area (Å²) in [5.74, 6) is -0.908. The average molecular weight is 293 g/mol. The van der Waals surface area contributed by atoms with Crippen LogP contribution in [-0.4, -0.2) is 45.6 Å². The number of nitrogens with zero attached hydrogens (tertiary/aromatic N) is 2. The molecule has 0 fully saturated rings. The van der Waals surface area contributed by atoms with E-state index in [-0.39, 0.29) is 19.0 Å². The van der Waals surface area contributed by atoms with Crippen LogP contribution >= 0.6 is 0 Å². The predicted molar refractivity (Wildman–Crippen MR) is 80.1 cm³/mol. The van der Waals surface area contributed by atoms with Crippen molar-refractivity contribution in [3.8, 4) is 0 Å². The number of carboxylic acid groups (broad SMARTS) is 1. The number of pyridine rings is 1. The minimum atomic E-state index is -0.908. The number of carbonyl (C=O) groups excluding carboxylic acids is 1. The number of hydrogen-bond donors (Lipinski definition) is 2. The highest BCUT2D eigenvalue weighted by molar-refractivity contribution is 5.76. The lowest BCUT2D eigenvalue weighted by Crippen LogP contribution is -2.51. The standard InChI is InChI=1S/C15H23N3O3/c1-15(2,3)18(11-7-13(19)20)14(21)17-10-6-12-4-8-16-9-5-12/h4-5,8-9H,6-7,10-11H2,1-3H3,(H,17,21)(H,19,20). The van der Waals surface area contributed by atoms with Gasteiger partial charge in [0.1, 0.15) is 0 Å². The normalized spacial score (nSPS) is 11.0. The van der Waals surface area contributed by atoms with Crippen molar-refractivity contribution in [3.63, 3.8) is 0 Å². The second kappa shape index (κ2) is 7.61. The first-order valence-electron chi connectivity index (χ1n) is 6.97. The fraction of sp³-hybridized carbons (Fsp3) is 0.533. The van der Waals surface area contributed by atoms with Gasteiger partial charge in [0.15, 0.2) is 0 Å². The first-order valence-corrected chi connectivity index (χ1v) is 6.97. The molecule has 0 aliphatic rings. The van der Waals surface area contributed by atoms with E-state index in [0.29, 0.717) is 13.0 Å². The Morgan fingerprint density at radius 1 is 1.29 bits per heavy atom. The molecule has 0 aliphatic carbocycles. The summed E-state index contributed by atoms with van der Waals surface area (Å²) in [6.45, 7) is 6.36. The van der Waals surface area contributed by atoms with Gasteiger partial charge in [-0.3, -0.25) is 9.78 Å². The van der Waals surface area contributed by atoms with Crippen LogP contribution in [0.1, 0.15) is 32.8 Å². The second-order valence-electron chi connectivity index (χ2n) is 5.80. The van der Waals surface area contributed by atoms with Gasteiger partial charge in [-0.1, -0.05) is 0 Å². The third-order valence-corrected chi connectivity index (χ3v) is 3.04. The van der Waals surface area contributed by atoms with E-state index in [0.717, 1.165) is 5.56 Å². The first-order chi connectivity index (χ1) is 9.80. The van der Waals surface area contributed by atoms with Crippen LogP contribution in [0.3, 0.4) is 0 Å². The highest BCUT2D eigenvalue weighted by Crippen LogP contribution is 2.13. The zero-order valence-corrected chi connectivity index (χ0v) is 12.8. The molecule has 1 heterocycles. The zero-order valence-electron chi connectivity index (χ0n) is 12.8. The summed E-state index contributed by atoms with van der Waals surface area (Å²) < 4.78 is 0. The van der Waals surface area contributed by atoms with Crippen molar-refractivity contribution in [1.82, 2.24) is 15.2 Å². The summed E-state index contributed by atoms with van der Waals surface area (Å²) >= 11 is 0. The molecule has 2 amide bonds. The molecule has 0 aromatic carbocycles. The van der Waals surface area contributed by atoms with Gasteiger partial charge in [0, 0.05) is 31.0 Å². The Bertz CT molecular complexity index is 469. The molecule has 0 atom stereocenters. The quantitative estimate of drug-likeness (QED) is 0.839. The first kappa shape index (κ1) is 16.9. The minimum absolute atomic E-state index is 0.0605. The number of hydrogen-bond acceptors (Lipinski definition) is 3. The number of aromatic nitrogens is 1. The molecule has 0 saturated carbocycles. The van der Waals surface area contributed by atoms with Crippen LogP contribution in [0.15, 0.2) is 24.5 Å². The molecular formula is C15H23N3O3. The Morgan fingerprint density at radius 3 is 2.43 bits per heavy atom. The van der Waals surface area contributed by atoms with Crippen molar-refractivity contribution >= 4 is 12.0 Å². The monoisotopic (exact) mass is 293 g/mol. The molecule has 0 saturated heterocycles. The van der Waals surface area contributed by atoms with Crippen LogP contribution in [0.4, 0.5) is 4.79 Å². The van der Waals surface area contributed by atoms with Crippen molar-refractivity contribution < 1.29 is 14.7 Å². The van der Waals surface area contributed by atoms with E-state index in [1.165, 1.54) is 0 Å². The smallest absolute Gasteiger partial charge is 0.317 e. The molecule has 1 rings (SSSR count). The lowest BCUT2D eigenvalue weighted by molar-refractivity contribution is -0.137. The third kappa shape index (κ3) is 6.25. The lowest BCUT2D eigenvalue weighted by atomic mass is 10.1. The zero-order chi connectivity index (χ0) is 15.9. The van der Waals surface area contributed by atoms with Gasteiger partial charge in [0.25, 0.3) is 0 Å². The van der Waals surface area contributed by atoms with Gasteiger partial charge in [0.2, 0.25) is 0 Å². The number of aliphatic carboxylic acids is 1. The number of nitrogens with one attached hydrogen (secondary N) is 1. The highest BCUT2D eigenvalue weighted by Gasteiger charge is 2.26. The second-order valence-corrected chi connectivity index (χ2v) is 5.80. The summed E-state index contributed by atoms with van der Waals surface area (Å²) in [4.78, 5) is 28.4. The number of carbonyl (C=O) groups is 2. The molecule has 6 nitrogen and oxygen atoms in total. The molecule has 1 aromatic heterocycles. The maximum absolute atomic E-state index is 12.2. The molecule has 0 spiro atoms. The predicted octanol–water partition coefficient (Wildman–Crippen LogP) is 1.91. The van der Waals surface area contributed by atoms with E-state index >= 15 is 0 Å². The van der Waals surface area contributed by atoms with Gasteiger partial charge >= 0.3 is 12.0 Å². The number of rotatable bonds is 6. The molecule has 1 aromatic rings. The van der Waals surface area contributed by atoms with Gasteiger partial charge in [0.05, 0.1) is 6.42 Å². The topological polar surface area (TPSA) is 82.5 Å². The summed E-state index contributed by atoms with van der Waals surface area (Å²) in [5, 5.41) is 11.6. The van der Waals surface area contributed by atoms with Gasteiger partial charge in [-0.2, -0.15) is 0 Å². The molecule has 6 heteroatoms. The molecule has 0 aliphatic heterocycles. The minimum Gasteiger partial charge on any atom is -0.481 e. The van der Waals surface area contributed by atoms with Crippen molar-refractivity contribution in [2.45, 2.75) is 39.2 Å². The van der Waals surface area contributed by atoms with Crippen molar-refractivity contribution in [1.29, 1.82) is 0 Å². The Hall–Kier alpha value is -2.11. The van der Waals surface area contributed by atoms with Crippen LogP contribution in [0, 0.1) is 0 Å². The maximum Gasteiger partial charge on any atom is 0.317 e. The molecule has 0 unspecified atom stereocenters. The third-order valence-electron chi connectivity index (χ3n) is 3.04. The maximum atomic E-state index is 12.2. The van der Waals surface area contributed by atoms with Gasteiger partial charge in [-0.25, -0.2) is 4.79 Å². The van der Waals surface area contributed by atoms with Crippen molar-refractivity contribution in [2.75, 3.05) is 13.1 Å². The number of carboxylic acids is 1. The van der Waals surface area contributed by atoms with Crippen LogP contribution in [0.5, 0.6) is 0 Å². The highest BCUT2D eigenvalue weighted by atomic mass is 16.4. The van der Waals surface area contributed by atoms with Crippen molar-refractivity contribution in [3.05, 3.63) is 30.1 Å². The summed E-state index contributed by atoms with van der Waals surface area (Å²) in [7, 11) is 0. The summed E-state index contributed by atoms with van der Waals surface area (Å²) in [6, 6.07) is 3.56. The summed E-state index contributed by atoms with van der Waals surface area (Å²) in [6.07, 6.45) is 4.08. The fourth-order valence-electron chi connectivity index (χ4n) is 1.91. The van der Waals surface area contributed by atoms with Crippen LogP contribution < -0.4 is 5.32 Å². The molecule has 0 bridgehead atoms. The van der Waals surface area contributed by atoms with E-state index in [1.54, 1.807) is 17.3 Å². The van der Waals surface area contributed by atoms with E-state index in [4.69, 9.17) is 5.11 Å². The van der Waals surface area contributed by atoms with E-state index in [2.05, 4.69) is 10.3 Å². The molecule has 2 N–H and O–H groups in total. The molecule has 116 valence electrons. The lowest BCUT2D eigenvalue weighted by Gasteiger charge is -2.35. The average Bonchev–Trinajstić information content (AvgIpc) is 2.38. The van der Waals surface area contributed by atoms with Crippen LogP contribution in [-0.2, 0) is 11.2 Å². The number of amides is 2. The van der Waals surface area contributed by atoms with Crippen LogP contribution in [0.25, 0.3) is 0 Å². The largest absolute Gasteiger partial charge is 0.481 e. The Kier molecular flexibility index (Phi) is 6.14. The SMILES string of the molecule is CC(C)(C)N(CCC(=O)O)C(=O)NCCc1ccncc1. The van der Waals surface area contributed by atoms with Gasteiger partial charge in [-0.15, -0.1) is 0 Å². The molecule has 21 heavy (non-hydrogen) atoms. The molecule has 0 radical (unpaired) electrons. The van der Waals surface area contributed by atoms with Crippen molar-refractivity contribution in [2.24, 2.45) is 0 Å². The number of urea groups is 1. The Morgan fingerprint density at radius 2 is 1.90 bits per heavy atom. The Balaban J connectivity index is 2.50. The van der Waals surface area contributed by atoms with Gasteiger partial charge in [-0.05, 0) is 44.9 Å². The Labute approximate surface area is 125 Å². The fourth-order valence-corrected chi connectivity index (χ4v) is 1.91. The van der Waals surface area contributed by atoms with E-state index in [9.17, 15) is 9.59 Å². The molecular weight excluding hydrogens is 270 g/mol. The van der Waals surface area contributed by atoms with E-state index in [1.807, 2.05) is 32.9 Å². The van der Waals surface area contributed by atoms with Gasteiger partial charge < -0.3 is 15.3 Å². The van der Waals surface area contributed by atoms with Crippen LogP contribution in [0.2, 0.25) is 0 Å². The summed E-state index contributed by atoms with van der Waals surface area (Å²) in [5.41, 5.74) is 0.675. The van der Waals surface area contributed by atoms with E-state index < -0.39 is 11.5 Å².